The van der Waals surface area contributed by atoms with Crippen molar-refractivity contribution >= 4 is 5.91 Å². The quantitative estimate of drug-likeness (QED) is 0.772. The van der Waals surface area contributed by atoms with E-state index in [1.54, 1.807) is 24.2 Å². The van der Waals surface area contributed by atoms with Crippen molar-refractivity contribution in [2.45, 2.75) is 19.4 Å². The van der Waals surface area contributed by atoms with Gasteiger partial charge in [0.2, 0.25) is 0 Å². The van der Waals surface area contributed by atoms with Gasteiger partial charge in [-0.1, -0.05) is 6.92 Å². The fourth-order valence-electron chi connectivity index (χ4n) is 2.21. The highest BCUT2D eigenvalue weighted by Crippen LogP contribution is 2.16. The highest BCUT2D eigenvalue weighted by molar-refractivity contribution is 5.94. The number of hydrogen-bond donors (Lipinski definition) is 1. The van der Waals surface area contributed by atoms with Gasteiger partial charge in [0, 0.05) is 44.0 Å². The molecule has 2 atom stereocenters. The summed E-state index contributed by atoms with van der Waals surface area (Å²) in [4.78, 5) is 25.5. The summed E-state index contributed by atoms with van der Waals surface area (Å²) >= 11 is 0. The van der Waals surface area contributed by atoms with Crippen LogP contribution in [0.1, 0.15) is 23.7 Å². The van der Waals surface area contributed by atoms with Gasteiger partial charge in [0.25, 0.3) is 11.5 Å². The Kier molecular flexibility index (Phi) is 3.52. The number of aromatic nitrogens is 1. The second-order valence-electron chi connectivity index (χ2n) is 5.05. The maximum atomic E-state index is 12.3. The Bertz CT molecular complexity index is 509. The molecule has 1 aliphatic heterocycles. The van der Waals surface area contributed by atoms with Crippen LogP contribution in [0.4, 0.5) is 0 Å². The molecular formula is C13H19N3O2. The van der Waals surface area contributed by atoms with Gasteiger partial charge in [-0.05, 0) is 18.4 Å². The lowest BCUT2D eigenvalue weighted by atomic mass is 9.94. The van der Waals surface area contributed by atoms with Crippen molar-refractivity contribution in [1.29, 1.82) is 0 Å². The number of piperidine rings is 1. The fourth-order valence-corrected chi connectivity index (χ4v) is 2.21. The molecule has 2 heterocycles. The predicted octanol–water partition coefficient (Wildman–Crippen LogP) is 0.195. The van der Waals surface area contributed by atoms with Crippen LogP contribution in [-0.2, 0) is 7.05 Å². The Morgan fingerprint density at radius 3 is 2.83 bits per heavy atom. The molecule has 1 fully saturated rings. The molecule has 0 saturated carbocycles. The van der Waals surface area contributed by atoms with Crippen molar-refractivity contribution in [3.05, 3.63) is 34.2 Å². The summed E-state index contributed by atoms with van der Waals surface area (Å²) in [6.45, 7) is 3.38. The van der Waals surface area contributed by atoms with E-state index < -0.39 is 0 Å². The number of aryl methyl sites for hydroxylation is 1. The van der Waals surface area contributed by atoms with Crippen molar-refractivity contribution in [2.75, 3.05) is 13.1 Å². The normalized spacial score (nSPS) is 24.1. The van der Waals surface area contributed by atoms with Gasteiger partial charge < -0.3 is 15.2 Å². The number of pyridine rings is 1. The third-order valence-electron chi connectivity index (χ3n) is 3.61. The number of amides is 1. The van der Waals surface area contributed by atoms with Gasteiger partial charge in [-0.2, -0.15) is 0 Å². The lowest BCUT2D eigenvalue weighted by molar-refractivity contribution is 0.0664. The maximum Gasteiger partial charge on any atom is 0.254 e. The molecule has 1 aromatic rings. The summed E-state index contributed by atoms with van der Waals surface area (Å²) in [6.07, 6.45) is 2.44. The molecule has 5 nitrogen and oxygen atoms in total. The molecule has 0 radical (unpaired) electrons. The van der Waals surface area contributed by atoms with Crippen LogP contribution in [-0.4, -0.2) is 34.5 Å². The number of hydrogen-bond acceptors (Lipinski definition) is 3. The first-order valence-electron chi connectivity index (χ1n) is 6.20. The molecule has 18 heavy (non-hydrogen) atoms. The second-order valence-corrected chi connectivity index (χ2v) is 5.05. The zero-order valence-electron chi connectivity index (χ0n) is 10.8. The van der Waals surface area contributed by atoms with Crippen LogP contribution < -0.4 is 11.3 Å². The van der Waals surface area contributed by atoms with Crippen LogP contribution >= 0.6 is 0 Å². The molecule has 0 bridgehead atoms. The molecule has 5 heteroatoms. The van der Waals surface area contributed by atoms with Gasteiger partial charge in [0.1, 0.15) is 0 Å². The maximum absolute atomic E-state index is 12.3. The van der Waals surface area contributed by atoms with Gasteiger partial charge in [-0.3, -0.25) is 9.59 Å². The summed E-state index contributed by atoms with van der Waals surface area (Å²) < 4.78 is 1.45. The molecule has 2 unspecified atom stereocenters. The Morgan fingerprint density at radius 2 is 2.22 bits per heavy atom. The lowest BCUT2D eigenvalue weighted by Crippen LogP contribution is -2.48. The van der Waals surface area contributed by atoms with Gasteiger partial charge in [-0.25, -0.2) is 0 Å². The lowest BCUT2D eigenvalue weighted by Gasteiger charge is -2.35. The minimum absolute atomic E-state index is 0.0774. The van der Waals surface area contributed by atoms with E-state index in [4.69, 9.17) is 5.73 Å². The first-order chi connectivity index (χ1) is 8.49. The number of carbonyl (C=O) groups is 1. The topological polar surface area (TPSA) is 68.3 Å². The molecule has 0 aliphatic carbocycles. The highest BCUT2D eigenvalue weighted by atomic mass is 16.2. The zero-order valence-corrected chi connectivity index (χ0v) is 10.8. The number of likely N-dealkylation sites (tertiary alicyclic amines) is 1. The standard InChI is InChI=1S/C13H19N3O2/c1-9-8-16(6-4-11(9)14)13(18)10-3-5-15(2)12(17)7-10/h3,5,7,9,11H,4,6,8,14H2,1-2H3. The molecule has 1 saturated heterocycles. The van der Waals surface area contributed by atoms with Crippen LogP contribution in [0.5, 0.6) is 0 Å². The third kappa shape index (κ3) is 2.46. The van der Waals surface area contributed by atoms with Gasteiger partial charge in [0.05, 0.1) is 0 Å². The van der Waals surface area contributed by atoms with E-state index in [0.29, 0.717) is 24.6 Å². The van der Waals surface area contributed by atoms with E-state index in [0.717, 1.165) is 6.42 Å². The first-order valence-corrected chi connectivity index (χ1v) is 6.20. The monoisotopic (exact) mass is 249 g/mol. The van der Waals surface area contributed by atoms with E-state index in [1.807, 2.05) is 6.92 Å². The Labute approximate surface area is 106 Å². The molecule has 0 aromatic carbocycles. The second kappa shape index (κ2) is 4.94. The SMILES string of the molecule is CC1CN(C(=O)c2ccn(C)c(=O)c2)CCC1N. The number of nitrogens with zero attached hydrogens (tertiary/aromatic N) is 2. The minimum atomic E-state index is -0.164. The van der Waals surface area contributed by atoms with Crippen LogP contribution in [0.2, 0.25) is 0 Å². The highest BCUT2D eigenvalue weighted by Gasteiger charge is 2.26. The van der Waals surface area contributed by atoms with Crippen molar-refractivity contribution in [2.24, 2.45) is 18.7 Å². The largest absolute Gasteiger partial charge is 0.338 e. The number of carbonyl (C=O) groups excluding carboxylic acids is 1. The smallest absolute Gasteiger partial charge is 0.254 e. The first kappa shape index (κ1) is 12.8. The van der Waals surface area contributed by atoms with Crippen molar-refractivity contribution in [3.63, 3.8) is 0 Å². The predicted molar refractivity (Wildman–Crippen MR) is 69.3 cm³/mol. The average Bonchev–Trinajstić information content (AvgIpc) is 2.35. The summed E-state index contributed by atoms with van der Waals surface area (Å²) in [5, 5.41) is 0. The average molecular weight is 249 g/mol. The zero-order chi connectivity index (χ0) is 13.3. The minimum Gasteiger partial charge on any atom is -0.338 e. The van der Waals surface area contributed by atoms with Crippen LogP contribution in [0.3, 0.4) is 0 Å². The molecule has 1 aromatic heterocycles. The summed E-state index contributed by atoms with van der Waals surface area (Å²) in [5.74, 6) is 0.223. The Hall–Kier alpha value is -1.62. The van der Waals surface area contributed by atoms with E-state index in [-0.39, 0.29) is 17.5 Å². The fraction of sp³-hybridized carbons (Fsp3) is 0.538. The number of rotatable bonds is 1. The van der Waals surface area contributed by atoms with Gasteiger partial charge in [0.15, 0.2) is 0 Å². The molecule has 98 valence electrons. The summed E-state index contributed by atoms with van der Waals surface area (Å²) in [6, 6.07) is 3.24. The van der Waals surface area contributed by atoms with Gasteiger partial charge >= 0.3 is 0 Å². The molecule has 1 aliphatic rings. The van der Waals surface area contributed by atoms with Crippen LogP contribution in [0.25, 0.3) is 0 Å². The van der Waals surface area contributed by atoms with Gasteiger partial charge in [-0.15, -0.1) is 0 Å². The molecule has 1 amide bonds. The molecule has 2 N–H and O–H groups in total. The van der Waals surface area contributed by atoms with Crippen LogP contribution in [0.15, 0.2) is 23.1 Å². The van der Waals surface area contributed by atoms with E-state index >= 15 is 0 Å². The molecule has 2 rings (SSSR count). The van der Waals surface area contributed by atoms with Crippen molar-refractivity contribution < 1.29 is 4.79 Å². The summed E-state index contributed by atoms with van der Waals surface area (Å²) in [5.41, 5.74) is 6.23. The van der Waals surface area contributed by atoms with Crippen LogP contribution in [0, 0.1) is 5.92 Å². The van der Waals surface area contributed by atoms with E-state index in [2.05, 4.69) is 0 Å². The summed E-state index contributed by atoms with van der Waals surface area (Å²) in [7, 11) is 1.67. The van der Waals surface area contributed by atoms with Crippen molar-refractivity contribution in [1.82, 2.24) is 9.47 Å². The number of nitrogens with two attached hydrogens (primary N) is 1. The Balaban J connectivity index is 2.16. The Morgan fingerprint density at radius 1 is 1.50 bits per heavy atom. The van der Waals surface area contributed by atoms with E-state index in [1.165, 1.54) is 10.6 Å². The molecule has 0 spiro atoms. The van der Waals surface area contributed by atoms with E-state index in [9.17, 15) is 9.59 Å². The molecular weight excluding hydrogens is 230 g/mol. The third-order valence-corrected chi connectivity index (χ3v) is 3.61. The van der Waals surface area contributed by atoms with Crippen molar-refractivity contribution in [3.8, 4) is 0 Å².